The van der Waals surface area contributed by atoms with Gasteiger partial charge in [-0.1, -0.05) is 49.2 Å². The van der Waals surface area contributed by atoms with Gasteiger partial charge in [0.25, 0.3) is 5.56 Å². The Morgan fingerprint density at radius 2 is 1.79 bits per heavy atom. The molecule has 1 saturated carbocycles. The van der Waals surface area contributed by atoms with E-state index in [1.807, 2.05) is 42.6 Å². The third-order valence-corrected chi connectivity index (χ3v) is 6.17. The number of rotatable bonds is 3. The largest absolute Gasteiger partial charge is 0.391 e. The van der Waals surface area contributed by atoms with Crippen molar-refractivity contribution in [2.75, 3.05) is 0 Å². The summed E-state index contributed by atoms with van der Waals surface area (Å²) in [6, 6.07) is 18.2. The Kier molecular flexibility index (Phi) is 4.64. The number of aromatic nitrogens is 2. The molecular weight excluding hydrogens is 360 g/mol. The van der Waals surface area contributed by atoms with Crippen molar-refractivity contribution >= 4 is 21.7 Å². The molecule has 0 aliphatic heterocycles. The lowest BCUT2D eigenvalue weighted by atomic mass is 9.92. The normalized spacial score (nSPS) is 19.6. The van der Waals surface area contributed by atoms with Crippen LogP contribution in [0.25, 0.3) is 21.7 Å². The molecule has 1 fully saturated rings. The summed E-state index contributed by atoms with van der Waals surface area (Å²) in [7, 11) is 0. The molecule has 2 atom stereocenters. The fraction of sp³-hybridized carbons (Fsp3) is 0.280. The summed E-state index contributed by atoms with van der Waals surface area (Å²) in [4.78, 5) is 18.1. The van der Waals surface area contributed by atoms with Crippen molar-refractivity contribution in [3.63, 3.8) is 0 Å². The Bertz CT molecular complexity index is 1230. The third kappa shape index (κ3) is 3.23. The summed E-state index contributed by atoms with van der Waals surface area (Å²) in [6.07, 6.45) is 7.59. The molecule has 0 saturated heterocycles. The zero-order chi connectivity index (χ0) is 19.8. The topological polar surface area (TPSA) is 55.1 Å². The van der Waals surface area contributed by atoms with E-state index in [4.69, 9.17) is 0 Å². The first-order chi connectivity index (χ1) is 14.2. The van der Waals surface area contributed by atoms with Crippen molar-refractivity contribution in [2.24, 2.45) is 0 Å². The highest BCUT2D eigenvalue weighted by atomic mass is 16.3. The van der Waals surface area contributed by atoms with Gasteiger partial charge in [0.15, 0.2) is 0 Å². The number of aliphatic hydroxyl groups excluding tert-OH is 1. The maximum atomic E-state index is 13.4. The summed E-state index contributed by atoms with van der Waals surface area (Å²) >= 11 is 0. The molecule has 0 amide bonds. The zero-order valence-electron chi connectivity index (χ0n) is 16.3. The second-order valence-corrected chi connectivity index (χ2v) is 8.01. The van der Waals surface area contributed by atoms with Crippen molar-refractivity contribution in [3.05, 3.63) is 88.5 Å². The molecule has 0 bridgehead atoms. The van der Waals surface area contributed by atoms with Crippen LogP contribution in [0.3, 0.4) is 0 Å². The Hall–Kier alpha value is -2.98. The monoisotopic (exact) mass is 384 g/mol. The zero-order valence-corrected chi connectivity index (χ0v) is 16.3. The molecule has 1 aliphatic rings. The fourth-order valence-electron chi connectivity index (χ4n) is 4.68. The molecule has 1 aliphatic carbocycles. The summed E-state index contributed by atoms with van der Waals surface area (Å²) in [6.45, 7) is 0. The number of fused-ring (bicyclic) bond motifs is 3. The van der Waals surface area contributed by atoms with Crippen molar-refractivity contribution in [1.82, 2.24) is 9.55 Å². The number of pyridine rings is 2. The molecular formula is C25H24N2O2. The second-order valence-electron chi connectivity index (χ2n) is 8.01. The van der Waals surface area contributed by atoms with Crippen LogP contribution < -0.4 is 5.56 Å². The molecule has 0 spiro atoms. The highest BCUT2D eigenvalue weighted by molar-refractivity contribution is 6.06. The molecule has 146 valence electrons. The van der Waals surface area contributed by atoms with E-state index in [0.29, 0.717) is 5.39 Å². The van der Waals surface area contributed by atoms with Gasteiger partial charge in [-0.15, -0.1) is 0 Å². The van der Waals surface area contributed by atoms with Crippen LogP contribution in [-0.4, -0.2) is 20.8 Å². The van der Waals surface area contributed by atoms with Crippen LogP contribution in [0, 0.1) is 0 Å². The lowest BCUT2D eigenvalue weighted by Crippen LogP contribution is -2.34. The average Bonchev–Trinajstić information content (AvgIpc) is 2.76. The first-order valence-corrected chi connectivity index (χ1v) is 10.4. The van der Waals surface area contributed by atoms with Crippen LogP contribution in [0.1, 0.15) is 42.9 Å². The first-order valence-electron chi connectivity index (χ1n) is 10.4. The Morgan fingerprint density at radius 3 is 2.62 bits per heavy atom. The molecule has 0 unspecified atom stereocenters. The number of nitrogens with zero attached hydrogens (tertiary/aromatic N) is 2. The third-order valence-electron chi connectivity index (χ3n) is 6.17. The van der Waals surface area contributed by atoms with Gasteiger partial charge in [-0.3, -0.25) is 9.78 Å². The van der Waals surface area contributed by atoms with E-state index in [2.05, 4.69) is 23.2 Å². The van der Waals surface area contributed by atoms with Gasteiger partial charge in [0, 0.05) is 28.6 Å². The SMILES string of the molecule is O=c1c2cc(Cc3ccccc3)c3cccnc3c2ccn1[C@H]1CCCC[C@@H]1O. The van der Waals surface area contributed by atoms with Gasteiger partial charge >= 0.3 is 0 Å². The van der Waals surface area contributed by atoms with Gasteiger partial charge in [0.1, 0.15) is 0 Å². The predicted molar refractivity (Wildman–Crippen MR) is 116 cm³/mol. The molecule has 4 aromatic rings. The van der Waals surface area contributed by atoms with E-state index in [1.54, 1.807) is 10.8 Å². The van der Waals surface area contributed by atoms with Crippen molar-refractivity contribution in [3.8, 4) is 0 Å². The minimum atomic E-state index is -0.457. The van der Waals surface area contributed by atoms with E-state index in [-0.39, 0.29) is 11.6 Å². The quantitative estimate of drug-likeness (QED) is 0.525. The summed E-state index contributed by atoms with van der Waals surface area (Å²) in [5, 5.41) is 13.1. The maximum absolute atomic E-state index is 13.4. The molecule has 5 rings (SSSR count). The second kappa shape index (κ2) is 7.45. The van der Waals surface area contributed by atoms with E-state index in [1.165, 1.54) is 5.56 Å². The molecule has 1 N–H and O–H groups in total. The molecule has 4 heteroatoms. The van der Waals surface area contributed by atoms with E-state index in [0.717, 1.165) is 54.0 Å². The summed E-state index contributed by atoms with van der Waals surface area (Å²) in [5.41, 5.74) is 3.14. The van der Waals surface area contributed by atoms with Gasteiger partial charge in [0.05, 0.1) is 17.7 Å². The van der Waals surface area contributed by atoms with Crippen LogP contribution in [0.2, 0.25) is 0 Å². The average molecular weight is 384 g/mol. The van der Waals surface area contributed by atoms with E-state index in [9.17, 15) is 9.90 Å². The lowest BCUT2D eigenvalue weighted by Gasteiger charge is -2.29. The van der Waals surface area contributed by atoms with Gasteiger partial charge in [-0.05, 0) is 48.6 Å². The molecule has 29 heavy (non-hydrogen) atoms. The van der Waals surface area contributed by atoms with Gasteiger partial charge in [-0.25, -0.2) is 0 Å². The smallest absolute Gasteiger partial charge is 0.258 e. The molecule has 2 aromatic heterocycles. The fourth-order valence-corrected chi connectivity index (χ4v) is 4.68. The lowest BCUT2D eigenvalue weighted by molar-refractivity contribution is 0.0740. The standard InChI is InChI=1S/C25H24N2O2/c28-23-11-5-4-10-22(23)27-14-12-20-21(25(27)29)16-18(15-17-7-2-1-3-8-17)19-9-6-13-26-24(19)20/h1-3,6-9,12-14,16,22-23,28H,4-5,10-11,15H2/t22-,23-/m0/s1. The Balaban J connectivity index is 1.72. The number of aliphatic hydroxyl groups is 1. The summed E-state index contributed by atoms with van der Waals surface area (Å²) < 4.78 is 1.74. The van der Waals surface area contributed by atoms with Crippen molar-refractivity contribution in [1.29, 1.82) is 0 Å². The predicted octanol–water partition coefficient (Wildman–Crippen LogP) is 4.62. The number of benzene rings is 2. The minimum Gasteiger partial charge on any atom is -0.391 e. The molecule has 0 radical (unpaired) electrons. The van der Waals surface area contributed by atoms with E-state index >= 15 is 0 Å². The molecule has 4 nitrogen and oxygen atoms in total. The Morgan fingerprint density at radius 1 is 0.966 bits per heavy atom. The first kappa shape index (κ1) is 18.1. The van der Waals surface area contributed by atoms with Crippen LogP contribution in [0.5, 0.6) is 0 Å². The molecule has 2 aromatic carbocycles. The summed E-state index contributed by atoms with van der Waals surface area (Å²) in [5.74, 6) is 0. The van der Waals surface area contributed by atoms with Crippen LogP contribution >= 0.6 is 0 Å². The van der Waals surface area contributed by atoms with Crippen LogP contribution in [0.15, 0.2) is 71.8 Å². The van der Waals surface area contributed by atoms with Crippen molar-refractivity contribution < 1.29 is 5.11 Å². The van der Waals surface area contributed by atoms with E-state index < -0.39 is 6.10 Å². The minimum absolute atomic E-state index is 0.0321. The highest BCUT2D eigenvalue weighted by Gasteiger charge is 2.26. The van der Waals surface area contributed by atoms with Crippen molar-refractivity contribution in [2.45, 2.75) is 44.2 Å². The highest BCUT2D eigenvalue weighted by Crippen LogP contribution is 2.30. The van der Waals surface area contributed by atoms with Crippen LogP contribution in [0.4, 0.5) is 0 Å². The Labute approximate surface area is 169 Å². The van der Waals surface area contributed by atoms with Crippen LogP contribution in [-0.2, 0) is 6.42 Å². The number of hydrogen-bond acceptors (Lipinski definition) is 3. The molecule has 2 heterocycles. The van der Waals surface area contributed by atoms with Gasteiger partial charge in [-0.2, -0.15) is 0 Å². The van der Waals surface area contributed by atoms with Gasteiger partial charge < -0.3 is 9.67 Å². The van der Waals surface area contributed by atoms with Gasteiger partial charge in [0.2, 0.25) is 0 Å². The maximum Gasteiger partial charge on any atom is 0.258 e. The number of hydrogen-bond donors (Lipinski definition) is 1.